The maximum absolute atomic E-state index is 10.6. The third-order valence-electron chi connectivity index (χ3n) is 2.88. The Morgan fingerprint density at radius 3 is 2.91 bits per heavy atom. The van der Waals surface area contributed by atoms with Crippen LogP contribution in [0.4, 0.5) is 4.79 Å². The van der Waals surface area contributed by atoms with E-state index in [2.05, 4.69) is 10.5 Å². The summed E-state index contributed by atoms with van der Waals surface area (Å²) in [7, 11) is 1.56. The number of methoxy groups -OCH3 is 1. The fourth-order valence-electron chi connectivity index (χ4n) is 1.90. The van der Waals surface area contributed by atoms with E-state index in [1.165, 1.54) is 6.21 Å². The summed E-state index contributed by atoms with van der Waals surface area (Å²) in [4.78, 5) is 10.6. The highest BCUT2D eigenvalue weighted by molar-refractivity contribution is 5.82. The Morgan fingerprint density at radius 1 is 1.45 bits per heavy atom. The number of amides is 2. The Kier molecular flexibility index (Phi) is 5.99. The molecule has 0 spiro atoms. The van der Waals surface area contributed by atoms with Crippen LogP contribution in [-0.4, -0.2) is 45.5 Å². The highest BCUT2D eigenvalue weighted by atomic mass is 16.7. The molecule has 0 unspecified atom stereocenters. The van der Waals surface area contributed by atoms with E-state index in [1.807, 2.05) is 0 Å². The zero-order valence-corrected chi connectivity index (χ0v) is 12.3. The van der Waals surface area contributed by atoms with Gasteiger partial charge in [0, 0.05) is 6.42 Å². The lowest BCUT2D eigenvalue weighted by Crippen LogP contribution is -2.24. The van der Waals surface area contributed by atoms with E-state index in [1.54, 1.807) is 25.3 Å². The van der Waals surface area contributed by atoms with Crippen molar-refractivity contribution in [3.63, 3.8) is 0 Å². The van der Waals surface area contributed by atoms with Gasteiger partial charge in [-0.15, -0.1) is 0 Å². The number of carbonyl (C=O) groups is 1. The van der Waals surface area contributed by atoms with Gasteiger partial charge in [0.25, 0.3) is 0 Å². The van der Waals surface area contributed by atoms with Crippen LogP contribution in [0.25, 0.3) is 0 Å². The summed E-state index contributed by atoms with van der Waals surface area (Å²) in [6.45, 7) is 1.67. The molecule has 120 valence electrons. The maximum Gasteiger partial charge on any atom is 0.332 e. The molecule has 1 saturated heterocycles. The Hall–Kier alpha value is -2.32. The molecule has 0 radical (unpaired) electrons. The molecule has 0 atom stereocenters. The van der Waals surface area contributed by atoms with E-state index in [-0.39, 0.29) is 6.29 Å². The molecule has 1 aliphatic rings. The van der Waals surface area contributed by atoms with Crippen molar-refractivity contribution < 1.29 is 23.7 Å². The van der Waals surface area contributed by atoms with Crippen LogP contribution >= 0.6 is 0 Å². The van der Waals surface area contributed by atoms with Crippen molar-refractivity contribution in [1.29, 1.82) is 0 Å². The fraction of sp³-hybridized carbons (Fsp3) is 0.429. The summed E-state index contributed by atoms with van der Waals surface area (Å²) in [5, 5.41) is 3.70. The molecule has 0 bridgehead atoms. The van der Waals surface area contributed by atoms with Crippen LogP contribution < -0.4 is 20.6 Å². The zero-order chi connectivity index (χ0) is 15.8. The van der Waals surface area contributed by atoms with E-state index >= 15 is 0 Å². The van der Waals surface area contributed by atoms with Crippen LogP contribution in [0.2, 0.25) is 0 Å². The normalized spacial score (nSPS) is 15.1. The average molecular weight is 309 g/mol. The van der Waals surface area contributed by atoms with Gasteiger partial charge >= 0.3 is 6.03 Å². The van der Waals surface area contributed by atoms with Crippen LogP contribution in [0.5, 0.6) is 11.5 Å². The van der Waals surface area contributed by atoms with Gasteiger partial charge in [-0.05, 0) is 23.8 Å². The predicted octanol–water partition coefficient (Wildman–Crippen LogP) is 0.839. The first-order chi connectivity index (χ1) is 10.7. The summed E-state index contributed by atoms with van der Waals surface area (Å²) >= 11 is 0. The molecule has 0 aromatic heterocycles. The monoisotopic (exact) mass is 309 g/mol. The average Bonchev–Trinajstić information content (AvgIpc) is 3.00. The van der Waals surface area contributed by atoms with E-state index < -0.39 is 6.03 Å². The van der Waals surface area contributed by atoms with Gasteiger partial charge in [0.15, 0.2) is 17.8 Å². The molecule has 1 aromatic carbocycles. The first-order valence-electron chi connectivity index (χ1n) is 6.81. The fourth-order valence-corrected chi connectivity index (χ4v) is 1.90. The number of nitrogens with zero attached hydrogens (tertiary/aromatic N) is 1. The second-order valence-electron chi connectivity index (χ2n) is 4.45. The van der Waals surface area contributed by atoms with Crippen LogP contribution in [0.15, 0.2) is 23.3 Å². The van der Waals surface area contributed by atoms with Crippen molar-refractivity contribution in [2.24, 2.45) is 10.8 Å². The molecular formula is C14H19N3O5. The van der Waals surface area contributed by atoms with Crippen molar-refractivity contribution in [3.8, 4) is 11.5 Å². The van der Waals surface area contributed by atoms with E-state index in [4.69, 9.17) is 24.7 Å². The van der Waals surface area contributed by atoms with Crippen LogP contribution in [0.3, 0.4) is 0 Å². The van der Waals surface area contributed by atoms with Gasteiger partial charge in [0.2, 0.25) is 0 Å². The molecule has 22 heavy (non-hydrogen) atoms. The number of rotatable bonds is 7. The Labute approximate surface area is 128 Å². The minimum atomic E-state index is -0.724. The number of hydrogen-bond acceptors (Lipinski definition) is 6. The van der Waals surface area contributed by atoms with Crippen molar-refractivity contribution in [2.75, 3.05) is 26.9 Å². The lowest BCUT2D eigenvalue weighted by molar-refractivity contribution is -0.0532. The first kappa shape index (κ1) is 16.1. The second kappa shape index (κ2) is 8.20. The number of nitrogens with two attached hydrogens (primary N) is 1. The minimum Gasteiger partial charge on any atom is -0.493 e. The highest BCUT2D eigenvalue weighted by Gasteiger charge is 2.16. The Balaban J connectivity index is 1.94. The number of benzene rings is 1. The summed E-state index contributed by atoms with van der Waals surface area (Å²) in [5.74, 6) is 1.18. The third-order valence-corrected chi connectivity index (χ3v) is 2.88. The second-order valence-corrected chi connectivity index (χ2v) is 4.45. The van der Waals surface area contributed by atoms with Crippen molar-refractivity contribution in [1.82, 2.24) is 5.43 Å². The molecule has 2 amide bonds. The molecule has 0 saturated carbocycles. The number of ether oxygens (including phenoxy) is 4. The van der Waals surface area contributed by atoms with Gasteiger partial charge in [0.05, 0.1) is 33.1 Å². The smallest absolute Gasteiger partial charge is 0.332 e. The van der Waals surface area contributed by atoms with Crippen LogP contribution in [-0.2, 0) is 9.47 Å². The number of hydrogen-bond donors (Lipinski definition) is 2. The van der Waals surface area contributed by atoms with E-state index in [0.29, 0.717) is 37.7 Å². The van der Waals surface area contributed by atoms with Crippen LogP contribution in [0.1, 0.15) is 12.0 Å². The molecule has 8 heteroatoms. The van der Waals surface area contributed by atoms with Gasteiger partial charge in [-0.25, -0.2) is 10.2 Å². The number of nitrogens with one attached hydrogen (secondary N) is 1. The number of carbonyl (C=O) groups excluding carboxylic acids is 1. The molecule has 3 N–H and O–H groups in total. The Bertz CT molecular complexity index is 529. The standard InChI is InChI=1S/C14H19N3O5/c1-19-11-3-2-10(9-16-17-14(15)18)8-12(11)20-5-4-13-21-6-7-22-13/h2-3,8-9,13H,4-7H2,1H3,(H3,15,17,18). The van der Waals surface area contributed by atoms with E-state index in [0.717, 1.165) is 5.56 Å². The number of primary amides is 1. The molecule has 1 aliphatic heterocycles. The number of hydrazone groups is 1. The third kappa shape index (κ3) is 4.90. The summed E-state index contributed by atoms with van der Waals surface area (Å²) in [6, 6.07) is 4.56. The predicted molar refractivity (Wildman–Crippen MR) is 79.1 cm³/mol. The minimum absolute atomic E-state index is 0.212. The summed E-state index contributed by atoms with van der Waals surface area (Å²) in [5.41, 5.74) is 7.79. The van der Waals surface area contributed by atoms with E-state index in [9.17, 15) is 4.79 Å². The molecule has 0 aliphatic carbocycles. The van der Waals surface area contributed by atoms with Crippen molar-refractivity contribution in [3.05, 3.63) is 23.8 Å². The lowest BCUT2D eigenvalue weighted by Gasteiger charge is -2.13. The lowest BCUT2D eigenvalue weighted by atomic mass is 10.2. The molecule has 1 aromatic rings. The van der Waals surface area contributed by atoms with Crippen LogP contribution in [0, 0.1) is 0 Å². The molecule has 2 rings (SSSR count). The molecule has 8 nitrogen and oxygen atoms in total. The maximum atomic E-state index is 10.6. The van der Waals surface area contributed by atoms with Gasteiger partial charge in [0.1, 0.15) is 0 Å². The zero-order valence-electron chi connectivity index (χ0n) is 12.3. The highest BCUT2D eigenvalue weighted by Crippen LogP contribution is 2.28. The Morgan fingerprint density at radius 2 is 2.23 bits per heavy atom. The van der Waals surface area contributed by atoms with Gasteiger partial charge in [-0.2, -0.15) is 5.10 Å². The van der Waals surface area contributed by atoms with Crippen molar-refractivity contribution >= 4 is 12.2 Å². The molecule has 1 fully saturated rings. The largest absolute Gasteiger partial charge is 0.493 e. The topological polar surface area (TPSA) is 104 Å². The van der Waals surface area contributed by atoms with Crippen molar-refractivity contribution in [2.45, 2.75) is 12.7 Å². The molecular weight excluding hydrogens is 290 g/mol. The van der Waals surface area contributed by atoms with Gasteiger partial charge in [-0.1, -0.05) is 0 Å². The first-order valence-corrected chi connectivity index (χ1v) is 6.81. The molecule has 1 heterocycles. The number of urea groups is 1. The summed E-state index contributed by atoms with van der Waals surface area (Å²) in [6.07, 6.45) is 1.88. The quantitative estimate of drug-likeness (QED) is 0.573. The van der Waals surface area contributed by atoms with Gasteiger partial charge < -0.3 is 24.7 Å². The summed E-state index contributed by atoms with van der Waals surface area (Å²) < 4.78 is 21.6. The van der Waals surface area contributed by atoms with Gasteiger partial charge in [-0.3, -0.25) is 0 Å². The SMILES string of the molecule is COc1ccc(C=NNC(N)=O)cc1OCCC1OCCO1.